The van der Waals surface area contributed by atoms with Crippen molar-refractivity contribution >= 4 is 39.3 Å². The lowest BCUT2D eigenvalue weighted by Crippen LogP contribution is -2.30. The third kappa shape index (κ3) is 4.02. The van der Waals surface area contributed by atoms with Gasteiger partial charge in [-0.15, -0.1) is 11.3 Å². The highest BCUT2D eigenvalue weighted by molar-refractivity contribution is 7.89. The van der Waals surface area contributed by atoms with E-state index in [1.54, 1.807) is 43.4 Å². The number of benzene rings is 1. The average Bonchev–Trinajstić information content (AvgIpc) is 3.22. The highest BCUT2D eigenvalue weighted by atomic mass is 32.2. The van der Waals surface area contributed by atoms with E-state index in [1.807, 2.05) is 19.1 Å². The number of carbonyl (C=O) groups excluding carboxylic acids is 1. The summed E-state index contributed by atoms with van der Waals surface area (Å²) in [6.45, 7) is 6.32. The average molecular weight is 405 g/mol. The quantitative estimate of drug-likeness (QED) is 0.546. The van der Waals surface area contributed by atoms with Gasteiger partial charge in [-0.2, -0.15) is 4.31 Å². The zero-order chi connectivity index (χ0) is 19.6. The minimum atomic E-state index is -3.60. The summed E-state index contributed by atoms with van der Waals surface area (Å²) in [5.74, 6) is -0.441. The van der Waals surface area contributed by atoms with Crippen molar-refractivity contribution < 1.29 is 17.9 Å². The Kier molecular flexibility index (Phi) is 5.59. The summed E-state index contributed by atoms with van der Waals surface area (Å²) in [5.41, 5.74) is 0.645. The van der Waals surface area contributed by atoms with Crippen molar-refractivity contribution in [1.29, 1.82) is 0 Å². The molecule has 3 rings (SSSR count). The summed E-state index contributed by atoms with van der Waals surface area (Å²) in [4.78, 5) is 18.6. The number of ether oxygens (including phenoxy) is 1. The van der Waals surface area contributed by atoms with Crippen LogP contribution in [-0.4, -0.2) is 37.7 Å². The molecule has 142 valence electrons. The number of esters is 1. The molecule has 27 heavy (non-hydrogen) atoms. The summed E-state index contributed by atoms with van der Waals surface area (Å²) in [6, 6.07) is 10.2. The van der Waals surface area contributed by atoms with Crippen molar-refractivity contribution in [2.75, 3.05) is 13.1 Å². The van der Waals surface area contributed by atoms with Gasteiger partial charge in [-0.25, -0.2) is 18.2 Å². The van der Waals surface area contributed by atoms with E-state index >= 15 is 0 Å². The van der Waals surface area contributed by atoms with Gasteiger partial charge in [0.2, 0.25) is 15.9 Å². The van der Waals surface area contributed by atoms with E-state index in [0.29, 0.717) is 18.7 Å². The van der Waals surface area contributed by atoms with Crippen molar-refractivity contribution in [3.05, 3.63) is 57.4 Å². The molecule has 0 saturated carbocycles. The lowest BCUT2D eigenvalue weighted by molar-refractivity contribution is -0.129. The fourth-order valence-electron chi connectivity index (χ4n) is 2.70. The molecular weight excluding hydrogens is 384 g/mol. The van der Waals surface area contributed by atoms with E-state index < -0.39 is 16.0 Å². The molecule has 2 heterocycles. The van der Waals surface area contributed by atoms with Crippen LogP contribution < -0.4 is 0 Å². The summed E-state index contributed by atoms with van der Waals surface area (Å²) in [7, 11) is -3.60. The molecule has 0 saturated heterocycles. The molecule has 2 aromatic rings. The highest BCUT2D eigenvalue weighted by Crippen LogP contribution is 2.24. The molecular formula is C19H20N2O4S2. The maximum absolute atomic E-state index is 12.7. The summed E-state index contributed by atoms with van der Waals surface area (Å²) in [5, 5.41) is 0. The number of cyclic esters (lactones) is 1. The largest absolute Gasteiger partial charge is 0.402 e. The monoisotopic (exact) mass is 404 g/mol. The van der Waals surface area contributed by atoms with Crippen LogP contribution in [0.15, 0.2) is 52.0 Å². The maximum Gasteiger partial charge on any atom is 0.363 e. The predicted octanol–water partition coefficient (Wildman–Crippen LogP) is 3.43. The van der Waals surface area contributed by atoms with Crippen LogP contribution in [0, 0.1) is 6.92 Å². The molecule has 1 aliphatic heterocycles. The van der Waals surface area contributed by atoms with Gasteiger partial charge in [-0.1, -0.05) is 19.9 Å². The lowest BCUT2D eigenvalue weighted by Gasteiger charge is -2.18. The van der Waals surface area contributed by atoms with E-state index in [9.17, 15) is 13.2 Å². The van der Waals surface area contributed by atoms with Crippen molar-refractivity contribution in [2.45, 2.75) is 25.7 Å². The Bertz CT molecular complexity index is 1030. The van der Waals surface area contributed by atoms with Crippen LogP contribution >= 0.6 is 11.3 Å². The summed E-state index contributed by atoms with van der Waals surface area (Å²) < 4.78 is 32.0. The Balaban J connectivity index is 1.95. The van der Waals surface area contributed by atoms with Crippen molar-refractivity contribution in [2.24, 2.45) is 4.99 Å². The van der Waals surface area contributed by atoms with Crippen LogP contribution in [0.4, 0.5) is 0 Å². The smallest absolute Gasteiger partial charge is 0.363 e. The Morgan fingerprint density at radius 2 is 1.93 bits per heavy atom. The van der Waals surface area contributed by atoms with E-state index in [0.717, 1.165) is 9.75 Å². The molecule has 1 aliphatic rings. The van der Waals surface area contributed by atoms with E-state index in [1.165, 1.54) is 16.4 Å². The highest BCUT2D eigenvalue weighted by Gasteiger charge is 2.27. The van der Waals surface area contributed by atoms with Crippen LogP contribution in [0.5, 0.6) is 0 Å². The van der Waals surface area contributed by atoms with Gasteiger partial charge >= 0.3 is 5.97 Å². The van der Waals surface area contributed by atoms with Crippen LogP contribution in [0.3, 0.4) is 0 Å². The Morgan fingerprint density at radius 3 is 2.56 bits per heavy atom. The fourth-order valence-corrected chi connectivity index (χ4v) is 5.02. The van der Waals surface area contributed by atoms with Crippen LogP contribution in [0.1, 0.15) is 29.2 Å². The molecule has 0 bridgehead atoms. The second-order valence-electron chi connectivity index (χ2n) is 5.90. The number of aryl methyl sites for hydroxylation is 1. The zero-order valence-corrected chi connectivity index (χ0v) is 16.9. The van der Waals surface area contributed by atoms with Crippen molar-refractivity contribution in [3.63, 3.8) is 0 Å². The maximum atomic E-state index is 12.7. The second-order valence-corrected chi connectivity index (χ2v) is 9.16. The Morgan fingerprint density at radius 1 is 1.19 bits per heavy atom. The van der Waals surface area contributed by atoms with E-state index in [2.05, 4.69) is 4.99 Å². The molecule has 1 aromatic heterocycles. The zero-order valence-electron chi connectivity index (χ0n) is 15.3. The number of nitrogens with zero attached hydrogens (tertiary/aromatic N) is 2. The number of hydrogen-bond acceptors (Lipinski definition) is 6. The van der Waals surface area contributed by atoms with Crippen LogP contribution in [0.25, 0.3) is 6.08 Å². The molecule has 0 N–H and O–H groups in total. The van der Waals surface area contributed by atoms with Gasteiger partial charge in [0.05, 0.1) is 4.90 Å². The number of aliphatic imine (C=N–C) groups is 1. The molecule has 0 fully saturated rings. The first kappa shape index (κ1) is 19.5. The van der Waals surface area contributed by atoms with Gasteiger partial charge in [0, 0.05) is 28.4 Å². The number of thiophene rings is 1. The Hall–Kier alpha value is -2.29. The fraction of sp³-hybridized carbons (Fsp3) is 0.263. The van der Waals surface area contributed by atoms with Crippen LogP contribution in [-0.2, 0) is 19.6 Å². The number of carbonyl (C=O) groups is 1. The minimum absolute atomic E-state index is 0.108. The topological polar surface area (TPSA) is 76.0 Å². The predicted molar refractivity (Wildman–Crippen MR) is 106 cm³/mol. The van der Waals surface area contributed by atoms with Crippen molar-refractivity contribution in [1.82, 2.24) is 4.31 Å². The Labute approximate surface area is 162 Å². The number of sulfonamides is 1. The van der Waals surface area contributed by atoms with E-state index in [-0.39, 0.29) is 16.5 Å². The molecule has 6 nitrogen and oxygen atoms in total. The number of hydrogen-bond donors (Lipinski definition) is 0. The van der Waals surface area contributed by atoms with Gasteiger partial charge in [0.15, 0.2) is 5.70 Å². The van der Waals surface area contributed by atoms with Gasteiger partial charge in [0.25, 0.3) is 0 Å². The molecule has 1 aromatic carbocycles. The third-order valence-electron chi connectivity index (χ3n) is 4.08. The molecule has 0 aliphatic carbocycles. The van der Waals surface area contributed by atoms with Gasteiger partial charge in [0.1, 0.15) is 0 Å². The molecule has 0 radical (unpaired) electrons. The summed E-state index contributed by atoms with van der Waals surface area (Å²) in [6.07, 6.45) is 1.67. The standard InChI is InChI=1S/C19H20N2O4S2/c1-4-21(5-2)27(23,24)16-8-6-7-14(11-16)18-20-17(19(22)25-18)12-15-10-9-13(3)26-15/h6-12H,4-5H2,1-3H3/b17-12+. The van der Waals surface area contributed by atoms with Gasteiger partial charge < -0.3 is 4.74 Å². The molecule has 0 unspecified atom stereocenters. The van der Waals surface area contributed by atoms with E-state index in [4.69, 9.17) is 4.74 Å². The molecule has 0 atom stereocenters. The van der Waals surface area contributed by atoms with Crippen molar-refractivity contribution in [3.8, 4) is 0 Å². The van der Waals surface area contributed by atoms with Gasteiger partial charge in [-0.05, 0) is 43.3 Å². The second kappa shape index (κ2) is 7.75. The first-order chi connectivity index (χ1) is 12.8. The molecule has 0 amide bonds. The van der Waals surface area contributed by atoms with Crippen LogP contribution in [0.2, 0.25) is 0 Å². The number of rotatable bonds is 6. The third-order valence-corrected chi connectivity index (χ3v) is 7.08. The molecule has 8 heteroatoms. The molecule has 0 spiro atoms. The normalized spacial score (nSPS) is 16.1. The lowest BCUT2D eigenvalue weighted by atomic mass is 10.2. The first-order valence-corrected chi connectivity index (χ1v) is 10.8. The summed E-state index contributed by atoms with van der Waals surface area (Å²) >= 11 is 1.55. The van der Waals surface area contributed by atoms with Gasteiger partial charge in [-0.3, -0.25) is 0 Å². The first-order valence-electron chi connectivity index (χ1n) is 8.54. The SMILES string of the molecule is CCN(CC)S(=O)(=O)c1cccc(C2=N/C(=C/c3ccc(C)s3)C(=O)O2)c1. The minimum Gasteiger partial charge on any atom is -0.402 e.